The SMILES string of the molecule is Cc1cc2ccccc2n1CC(=O)Nc1ccc(-c2ccn[nH]2)cc1. The van der Waals surface area contributed by atoms with Crippen LogP contribution in [-0.4, -0.2) is 20.7 Å². The van der Waals surface area contributed by atoms with Gasteiger partial charge in [0, 0.05) is 23.1 Å². The smallest absolute Gasteiger partial charge is 0.244 e. The Bertz CT molecular complexity index is 1010. The minimum atomic E-state index is -0.0428. The Hall–Kier alpha value is -3.34. The van der Waals surface area contributed by atoms with Gasteiger partial charge in [-0.15, -0.1) is 0 Å². The summed E-state index contributed by atoms with van der Waals surface area (Å²) in [5, 5.41) is 11.0. The molecule has 2 N–H and O–H groups in total. The van der Waals surface area contributed by atoms with Crippen molar-refractivity contribution in [2.75, 3.05) is 5.32 Å². The van der Waals surface area contributed by atoms with E-state index in [1.807, 2.05) is 60.0 Å². The number of benzene rings is 2. The first-order valence-corrected chi connectivity index (χ1v) is 8.15. The van der Waals surface area contributed by atoms with E-state index >= 15 is 0 Å². The van der Waals surface area contributed by atoms with Crippen LogP contribution in [0.1, 0.15) is 5.69 Å². The van der Waals surface area contributed by atoms with E-state index in [0.29, 0.717) is 6.54 Å². The Morgan fingerprint density at radius 2 is 1.92 bits per heavy atom. The quantitative estimate of drug-likeness (QED) is 0.594. The summed E-state index contributed by atoms with van der Waals surface area (Å²) in [4.78, 5) is 12.4. The predicted octanol–water partition coefficient (Wildman–Crippen LogP) is 3.98. The Morgan fingerprint density at radius 3 is 2.68 bits per heavy atom. The van der Waals surface area contributed by atoms with Crippen molar-refractivity contribution in [3.05, 3.63) is 72.6 Å². The largest absolute Gasteiger partial charge is 0.335 e. The molecule has 124 valence electrons. The number of nitrogens with one attached hydrogen (secondary N) is 2. The van der Waals surface area contributed by atoms with Gasteiger partial charge in [-0.1, -0.05) is 30.3 Å². The number of amides is 1. The van der Waals surface area contributed by atoms with E-state index in [9.17, 15) is 4.79 Å². The van der Waals surface area contributed by atoms with Gasteiger partial charge in [0.1, 0.15) is 6.54 Å². The Kier molecular flexibility index (Phi) is 3.82. The van der Waals surface area contributed by atoms with E-state index in [4.69, 9.17) is 0 Å². The van der Waals surface area contributed by atoms with Crippen LogP contribution in [-0.2, 0) is 11.3 Å². The number of hydrogen-bond donors (Lipinski definition) is 2. The van der Waals surface area contributed by atoms with Crippen LogP contribution >= 0.6 is 0 Å². The molecule has 5 heteroatoms. The Balaban J connectivity index is 1.49. The van der Waals surface area contributed by atoms with Crippen molar-refractivity contribution < 1.29 is 4.79 Å². The molecular weight excluding hydrogens is 312 g/mol. The molecule has 5 nitrogen and oxygen atoms in total. The molecule has 0 unspecified atom stereocenters. The maximum absolute atomic E-state index is 12.4. The highest BCUT2D eigenvalue weighted by Crippen LogP contribution is 2.21. The molecule has 4 aromatic rings. The molecule has 0 radical (unpaired) electrons. The van der Waals surface area contributed by atoms with Crippen LogP contribution in [0.25, 0.3) is 22.2 Å². The zero-order chi connectivity index (χ0) is 17.2. The first-order valence-electron chi connectivity index (χ1n) is 8.15. The first-order chi connectivity index (χ1) is 12.2. The van der Waals surface area contributed by atoms with Crippen molar-refractivity contribution in [3.8, 4) is 11.3 Å². The number of nitrogens with zero attached hydrogens (tertiary/aromatic N) is 2. The fourth-order valence-corrected chi connectivity index (χ4v) is 3.05. The van der Waals surface area contributed by atoms with E-state index in [1.54, 1.807) is 6.20 Å². The van der Waals surface area contributed by atoms with E-state index < -0.39 is 0 Å². The van der Waals surface area contributed by atoms with Gasteiger partial charge in [-0.05, 0) is 48.2 Å². The zero-order valence-corrected chi connectivity index (χ0v) is 13.9. The normalized spacial score (nSPS) is 10.9. The van der Waals surface area contributed by atoms with Crippen molar-refractivity contribution in [2.45, 2.75) is 13.5 Å². The molecule has 2 aromatic heterocycles. The highest BCUT2D eigenvalue weighted by molar-refractivity contribution is 5.92. The minimum absolute atomic E-state index is 0.0428. The lowest BCUT2D eigenvalue weighted by Crippen LogP contribution is -2.19. The summed E-state index contributed by atoms with van der Waals surface area (Å²) in [5.41, 5.74) is 4.91. The lowest BCUT2D eigenvalue weighted by Gasteiger charge is -2.10. The lowest BCUT2D eigenvalue weighted by molar-refractivity contribution is -0.116. The number of para-hydroxylation sites is 1. The fraction of sp³-hybridized carbons (Fsp3) is 0.100. The number of fused-ring (bicyclic) bond motifs is 1. The van der Waals surface area contributed by atoms with E-state index in [-0.39, 0.29) is 5.91 Å². The summed E-state index contributed by atoms with van der Waals surface area (Å²) in [7, 11) is 0. The van der Waals surface area contributed by atoms with Crippen molar-refractivity contribution in [1.82, 2.24) is 14.8 Å². The first kappa shape index (κ1) is 15.2. The highest BCUT2D eigenvalue weighted by Gasteiger charge is 2.10. The molecule has 0 bridgehead atoms. The van der Waals surface area contributed by atoms with Gasteiger partial charge in [0.15, 0.2) is 0 Å². The maximum Gasteiger partial charge on any atom is 0.244 e. The standard InChI is InChI=1S/C20H18N4O/c1-14-12-16-4-2-3-5-19(16)24(14)13-20(25)22-17-8-6-15(7-9-17)18-10-11-21-23-18/h2-12H,13H2,1H3,(H,21,23)(H,22,25). The van der Waals surface area contributed by atoms with Gasteiger partial charge in [-0.3, -0.25) is 9.89 Å². The maximum atomic E-state index is 12.4. The minimum Gasteiger partial charge on any atom is -0.335 e. The molecule has 0 aliphatic heterocycles. The average Bonchev–Trinajstić information content (AvgIpc) is 3.25. The third-order valence-electron chi connectivity index (χ3n) is 4.30. The third-order valence-corrected chi connectivity index (χ3v) is 4.30. The zero-order valence-electron chi connectivity index (χ0n) is 13.9. The molecule has 1 amide bonds. The van der Waals surface area contributed by atoms with Gasteiger partial charge in [-0.25, -0.2) is 0 Å². The molecule has 25 heavy (non-hydrogen) atoms. The van der Waals surface area contributed by atoms with Gasteiger partial charge in [0.05, 0.1) is 5.69 Å². The summed E-state index contributed by atoms with van der Waals surface area (Å²) in [6, 6.07) is 19.8. The number of aromatic nitrogens is 3. The summed E-state index contributed by atoms with van der Waals surface area (Å²) in [6.07, 6.45) is 1.72. The van der Waals surface area contributed by atoms with Crippen molar-refractivity contribution in [3.63, 3.8) is 0 Å². The predicted molar refractivity (Wildman–Crippen MR) is 99.3 cm³/mol. The summed E-state index contributed by atoms with van der Waals surface area (Å²) < 4.78 is 2.03. The molecule has 0 saturated carbocycles. The van der Waals surface area contributed by atoms with Gasteiger partial charge in [0.25, 0.3) is 0 Å². The second-order valence-electron chi connectivity index (χ2n) is 6.03. The van der Waals surface area contributed by atoms with Crippen molar-refractivity contribution in [1.29, 1.82) is 0 Å². The highest BCUT2D eigenvalue weighted by atomic mass is 16.1. The molecule has 0 saturated heterocycles. The van der Waals surface area contributed by atoms with Crippen molar-refractivity contribution >= 4 is 22.5 Å². The molecule has 2 aromatic carbocycles. The number of aryl methyl sites for hydroxylation is 1. The molecule has 0 aliphatic carbocycles. The summed E-state index contributed by atoms with van der Waals surface area (Å²) >= 11 is 0. The topological polar surface area (TPSA) is 62.7 Å². The number of carbonyl (C=O) groups excluding carboxylic acids is 1. The second kappa shape index (κ2) is 6.28. The number of anilines is 1. The van der Waals surface area contributed by atoms with Crippen LogP contribution in [0.5, 0.6) is 0 Å². The number of aromatic amines is 1. The molecule has 0 atom stereocenters. The number of rotatable bonds is 4. The summed E-state index contributed by atoms with van der Waals surface area (Å²) in [5.74, 6) is -0.0428. The summed E-state index contributed by atoms with van der Waals surface area (Å²) in [6.45, 7) is 2.31. The lowest BCUT2D eigenvalue weighted by atomic mass is 10.1. The Labute approximate surface area is 145 Å². The van der Waals surface area contributed by atoms with Gasteiger partial charge >= 0.3 is 0 Å². The Morgan fingerprint density at radius 1 is 1.12 bits per heavy atom. The molecule has 4 rings (SSSR count). The molecule has 0 aliphatic rings. The molecular formula is C20H18N4O. The molecule has 2 heterocycles. The molecule has 0 spiro atoms. The van der Waals surface area contributed by atoms with Gasteiger partial charge < -0.3 is 9.88 Å². The third kappa shape index (κ3) is 3.04. The number of carbonyl (C=O) groups is 1. The number of hydrogen-bond acceptors (Lipinski definition) is 2. The van der Waals surface area contributed by atoms with Gasteiger partial charge in [-0.2, -0.15) is 5.10 Å². The van der Waals surface area contributed by atoms with Crippen LogP contribution in [0.3, 0.4) is 0 Å². The monoisotopic (exact) mass is 330 g/mol. The fourth-order valence-electron chi connectivity index (χ4n) is 3.05. The van der Waals surface area contributed by atoms with E-state index in [1.165, 1.54) is 0 Å². The van der Waals surface area contributed by atoms with Gasteiger partial charge in [0.2, 0.25) is 5.91 Å². The van der Waals surface area contributed by atoms with E-state index in [2.05, 4.69) is 27.6 Å². The second-order valence-corrected chi connectivity index (χ2v) is 6.03. The van der Waals surface area contributed by atoms with Crippen LogP contribution in [0.2, 0.25) is 0 Å². The number of H-pyrrole nitrogens is 1. The van der Waals surface area contributed by atoms with Crippen LogP contribution < -0.4 is 5.32 Å². The van der Waals surface area contributed by atoms with Crippen molar-refractivity contribution in [2.24, 2.45) is 0 Å². The molecule has 0 fully saturated rings. The van der Waals surface area contributed by atoms with Crippen LogP contribution in [0, 0.1) is 6.92 Å². The van der Waals surface area contributed by atoms with Crippen LogP contribution in [0.15, 0.2) is 66.9 Å². The van der Waals surface area contributed by atoms with E-state index in [0.717, 1.165) is 33.5 Å². The van der Waals surface area contributed by atoms with Crippen LogP contribution in [0.4, 0.5) is 5.69 Å². The average molecular weight is 330 g/mol.